The second-order valence-corrected chi connectivity index (χ2v) is 6.43. The maximum absolute atomic E-state index is 8.95. The predicted octanol–water partition coefficient (Wildman–Crippen LogP) is 4.66. The van der Waals surface area contributed by atoms with Crippen molar-refractivity contribution in [1.29, 1.82) is 5.26 Å². The first kappa shape index (κ1) is 15.2. The molecule has 0 N–H and O–H groups in total. The summed E-state index contributed by atoms with van der Waals surface area (Å²) in [5.41, 5.74) is 0. The second kappa shape index (κ2) is 7.49. The van der Waals surface area contributed by atoms with Crippen molar-refractivity contribution in [3.05, 3.63) is 0 Å². The lowest BCUT2D eigenvalue weighted by atomic mass is 9.84. The van der Waals surface area contributed by atoms with Crippen molar-refractivity contribution < 1.29 is 0 Å². The minimum atomic E-state index is 0.247. The minimum absolute atomic E-state index is 0.247. The van der Waals surface area contributed by atoms with Gasteiger partial charge >= 0.3 is 0 Å². The van der Waals surface area contributed by atoms with Gasteiger partial charge < -0.3 is 0 Å². The number of nitriles is 1. The van der Waals surface area contributed by atoms with Crippen molar-refractivity contribution in [2.75, 3.05) is 0 Å². The molecule has 0 aromatic carbocycles. The molecule has 15 heavy (non-hydrogen) atoms. The Labute approximate surface area is 109 Å². The molecule has 4 atom stereocenters. The van der Waals surface area contributed by atoms with Crippen molar-refractivity contribution in [2.45, 2.75) is 51.4 Å². The van der Waals surface area contributed by atoms with Gasteiger partial charge in [-0.05, 0) is 30.6 Å². The van der Waals surface area contributed by atoms with Crippen LogP contribution in [0.4, 0.5) is 0 Å². The monoisotopic (exact) mass is 321 g/mol. The quantitative estimate of drug-likeness (QED) is 0.516. The van der Waals surface area contributed by atoms with Crippen molar-refractivity contribution in [3.63, 3.8) is 0 Å². The van der Waals surface area contributed by atoms with Crippen LogP contribution < -0.4 is 0 Å². The van der Waals surface area contributed by atoms with Gasteiger partial charge in [-0.1, -0.05) is 57.2 Å². The molecule has 0 saturated carbocycles. The van der Waals surface area contributed by atoms with Crippen LogP contribution in [0.2, 0.25) is 0 Å². The molecule has 0 aliphatic carbocycles. The average molecular weight is 321 g/mol. The maximum Gasteiger partial charge on any atom is 0.0655 e. The Kier molecular flexibility index (Phi) is 7.60. The van der Waals surface area contributed by atoms with E-state index in [1.165, 1.54) is 0 Å². The van der Waals surface area contributed by atoms with Crippen LogP contribution in [-0.4, -0.2) is 3.92 Å². The Bertz CT molecular complexity index is 207. The van der Waals surface area contributed by atoms with Gasteiger partial charge in [-0.3, -0.25) is 0 Å². The fourth-order valence-electron chi connectivity index (χ4n) is 1.78. The minimum Gasteiger partial charge on any atom is -0.198 e. The number of hydrogen-bond donors (Lipinski definition) is 0. The molecule has 88 valence electrons. The molecule has 0 saturated heterocycles. The van der Waals surface area contributed by atoms with E-state index in [9.17, 15) is 0 Å². The fourth-order valence-corrected chi connectivity index (χ4v) is 2.90. The lowest BCUT2D eigenvalue weighted by Crippen LogP contribution is -2.25. The van der Waals surface area contributed by atoms with Crippen LogP contribution in [0.5, 0.6) is 0 Å². The van der Waals surface area contributed by atoms with Gasteiger partial charge in [-0.15, -0.1) is 0 Å². The second-order valence-electron chi connectivity index (χ2n) is 4.99. The molecule has 0 radical (unpaired) electrons. The molecule has 0 amide bonds. The van der Waals surface area contributed by atoms with E-state index in [0.717, 1.165) is 24.7 Å². The van der Waals surface area contributed by atoms with Gasteiger partial charge in [0.15, 0.2) is 0 Å². The molecule has 0 heterocycles. The van der Waals surface area contributed by atoms with Crippen LogP contribution in [0, 0.1) is 35.0 Å². The first-order valence-electron chi connectivity index (χ1n) is 5.97. The van der Waals surface area contributed by atoms with Crippen LogP contribution in [-0.2, 0) is 0 Å². The zero-order valence-corrected chi connectivity index (χ0v) is 12.8. The summed E-state index contributed by atoms with van der Waals surface area (Å²) >= 11 is 2.57. The van der Waals surface area contributed by atoms with Crippen molar-refractivity contribution in [1.82, 2.24) is 0 Å². The molecule has 0 rings (SSSR count). The summed E-state index contributed by atoms with van der Waals surface area (Å²) in [5, 5.41) is 8.95. The molecule has 0 aromatic heterocycles. The van der Waals surface area contributed by atoms with Crippen molar-refractivity contribution >= 4 is 22.6 Å². The highest BCUT2D eigenvalue weighted by Crippen LogP contribution is 2.31. The smallest absolute Gasteiger partial charge is 0.0655 e. The van der Waals surface area contributed by atoms with E-state index in [4.69, 9.17) is 5.26 Å². The Morgan fingerprint density at radius 2 is 1.73 bits per heavy atom. The van der Waals surface area contributed by atoms with Gasteiger partial charge in [0.05, 0.1) is 6.07 Å². The van der Waals surface area contributed by atoms with Crippen molar-refractivity contribution in [3.8, 4) is 6.07 Å². The number of halogens is 1. The van der Waals surface area contributed by atoms with Gasteiger partial charge in [-0.25, -0.2) is 0 Å². The first-order valence-corrected chi connectivity index (χ1v) is 7.22. The van der Waals surface area contributed by atoms with Crippen LogP contribution in [0.3, 0.4) is 0 Å². The molecule has 1 nitrogen and oxygen atoms in total. The summed E-state index contributed by atoms with van der Waals surface area (Å²) in [6, 6.07) is 2.40. The number of rotatable bonds is 6. The van der Waals surface area contributed by atoms with Crippen LogP contribution in [0.25, 0.3) is 0 Å². The SMILES string of the molecule is CCC(C#N)CC(C)C(I)C(C)C(C)C. The van der Waals surface area contributed by atoms with E-state index in [1.807, 2.05) is 0 Å². The van der Waals surface area contributed by atoms with E-state index in [-0.39, 0.29) is 5.92 Å². The van der Waals surface area contributed by atoms with E-state index < -0.39 is 0 Å². The van der Waals surface area contributed by atoms with Gasteiger partial charge in [0.25, 0.3) is 0 Å². The topological polar surface area (TPSA) is 23.8 Å². The van der Waals surface area contributed by atoms with Gasteiger partial charge in [-0.2, -0.15) is 5.26 Å². The molecule has 0 fully saturated rings. The molecule has 0 bridgehead atoms. The van der Waals surface area contributed by atoms with Crippen molar-refractivity contribution in [2.24, 2.45) is 23.7 Å². The molecular formula is C13H24IN. The molecule has 0 spiro atoms. The Hall–Kier alpha value is 0.220. The number of nitrogens with zero attached hydrogens (tertiary/aromatic N) is 1. The summed E-state index contributed by atoms with van der Waals surface area (Å²) in [4.78, 5) is 0. The fraction of sp³-hybridized carbons (Fsp3) is 0.923. The maximum atomic E-state index is 8.95. The lowest BCUT2D eigenvalue weighted by molar-refractivity contribution is 0.327. The highest BCUT2D eigenvalue weighted by atomic mass is 127. The van der Waals surface area contributed by atoms with E-state index >= 15 is 0 Å². The molecular weight excluding hydrogens is 297 g/mol. The van der Waals surface area contributed by atoms with Gasteiger partial charge in [0, 0.05) is 9.84 Å². The molecule has 2 heteroatoms. The predicted molar refractivity (Wildman–Crippen MR) is 75.0 cm³/mol. The summed E-state index contributed by atoms with van der Waals surface area (Å²) in [6.45, 7) is 11.3. The van der Waals surface area contributed by atoms with Crippen LogP contribution >= 0.6 is 22.6 Å². The number of hydrogen-bond acceptors (Lipinski definition) is 1. The standard InChI is InChI=1S/C13H24IN/c1-6-12(8-15)7-10(4)13(14)11(5)9(2)3/h9-13H,6-7H2,1-5H3. The molecule has 4 unspecified atom stereocenters. The van der Waals surface area contributed by atoms with E-state index in [0.29, 0.717) is 9.84 Å². The Morgan fingerprint density at radius 1 is 1.20 bits per heavy atom. The third kappa shape index (κ3) is 5.19. The summed E-state index contributed by atoms with van der Waals surface area (Å²) in [7, 11) is 0. The van der Waals surface area contributed by atoms with Crippen LogP contribution in [0.1, 0.15) is 47.5 Å². The largest absolute Gasteiger partial charge is 0.198 e. The highest BCUT2D eigenvalue weighted by Gasteiger charge is 2.24. The first-order chi connectivity index (χ1) is 6.93. The van der Waals surface area contributed by atoms with Gasteiger partial charge in [0.1, 0.15) is 0 Å². The third-order valence-electron chi connectivity index (χ3n) is 3.43. The highest BCUT2D eigenvalue weighted by molar-refractivity contribution is 14.1. The average Bonchev–Trinajstić information content (AvgIpc) is 2.23. The van der Waals surface area contributed by atoms with Crippen LogP contribution in [0.15, 0.2) is 0 Å². The van der Waals surface area contributed by atoms with Gasteiger partial charge in [0.2, 0.25) is 0 Å². The summed E-state index contributed by atoms with van der Waals surface area (Å²) < 4.78 is 0.685. The Balaban J connectivity index is 4.20. The normalized spacial score (nSPS) is 19.3. The molecule has 0 aromatic rings. The van der Waals surface area contributed by atoms with E-state index in [2.05, 4.69) is 63.3 Å². The third-order valence-corrected chi connectivity index (χ3v) is 5.79. The summed E-state index contributed by atoms with van der Waals surface area (Å²) in [5.74, 6) is 2.36. The zero-order chi connectivity index (χ0) is 12.0. The summed E-state index contributed by atoms with van der Waals surface area (Å²) in [6.07, 6.45) is 2.04. The molecule has 0 aliphatic heterocycles. The van der Waals surface area contributed by atoms with E-state index in [1.54, 1.807) is 0 Å². The number of alkyl halides is 1. The zero-order valence-electron chi connectivity index (χ0n) is 10.6. The lowest BCUT2D eigenvalue weighted by Gasteiger charge is -2.28. The molecule has 0 aliphatic rings. The Morgan fingerprint density at radius 3 is 2.07 bits per heavy atom.